The molecule has 1 atom stereocenters. The van der Waals surface area contributed by atoms with E-state index in [2.05, 4.69) is 22.9 Å². The molecule has 0 unspecified atom stereocenters. The Kier molecular flexibility index (Phi) is 11.4. The highest BCUT2D eigenvalue weighted by atomic mass is 79.9. The molecule has 16 heavy (non-hydrogen) atoms. The van der Waals surface area contributed by atoms with E-state index in [1.54, 1.807) is 0 Å². The van der Waals surface area contributed by atoms with Crippen LogP contribution in [0.25, 0.3) is 0 Å². The summed E-state index contributed by atoms with van der Waals surface area (Å²) in [6.45, 7) is 4.55. The molecule has 0 saturated heterocycles. The summed E-state index contributed by atoms with van der Waals surface area (Å²) in [6, 6.07) is 0. The van der Waals surface area contributed by atoms with Gasteiger partial charge in [0.2, 0.25) is 0 Å². The predicted octanol–water partition coefficient (Wildman–Crippen LogP) is 4.45. The monoisotopic (exact) mass is 292 g/mol. The van der Waals surface area contributed by atoms with Crippen molar-refractivity contribution in [3.05, 3.63) is 0 Å². The second-order valence-electron chi connectivity index (χ2n) is 4.25. The van der Waals surface area contributed by atoms with Crippen LogP contribution in [-0.4, -0.2) is 17.4 Å². The van der Waals surface area contributed by atoms with Gasteiger partial charge in [0.05, 0.1) is 6.61 Å². The summed E-state index contributed by atoms with van der Waals surface area (Å²) in [7, 11) is 0. The van der Waals surface area contributed by atoms with Crippen LogP contribution in [0, 0.1) is 0 Å². The van der Waals surface area contributed by atoms with E-state index < -0.39 is 0 Å². The van der Waals surface area contributed by atoms with Gasteiger partial charge in [-0.05, 0) is 19.8 Å². The van der Waals surface area contributed by atoms with Crippen LogP contribution in [0.5, 0.6) is 0 Å². The summed E-state index contributed by atoms with van der Waals surface area (Å²) in [5.74, 6) is -0.0457. The van der Waals surface area contributed by atoms with Crippen molar-refractivity contribution in [3.63, 3.8) is 0 Å². The number of alkyl halides is 1. The van der Waals surface area contributed by atoms with E-state index in [1.165, 1.54) is 32.1 Å². The smallest absolute Gasteiger partial charge is 0.305 e. The van der Waals surface area contributed by atoms with Gasteiger partial charge in [0.15, 0.2) is 0 Å². The molecule has 0 bridgehead atoms. The third-order valence-electron chi connectivity index (χ3n) is 2.54. The van der Waals surface area contributed by atoms with E-state index in [0.717, 1.165) is 12.8 Å². The number of rotatable bonds is 10. The third kappa shape index (κ3) is 12.0. The Labute approximate surface area is 108 Å². The molecule has 0 spiro atoms. The van der Waals surface area contributed by atoms with Crippen molar-refractivity contribution >= 4 is 21.9 Å². The summed E-state index contributed by atoms with van der Waals surface area (Å²) in [6.07, 6.45) is 9.16. The third-order valence-corrected chi connectivity index (χ3v) is 3.00. The molecule has 0 rings (SSSR count). The molecule has 0 aromatic heterocycles. The van der Waals surface area contributed by atoms with Crippen LogP contribution in [0.4, 0.5) is 0 Å². The van der Waals surface area contributed by atoms with E-state index in [9.17, 15) is 4.79 Å². The van der Waals surface area contributed by atoms with Crippen LogP contribution in [0.3, 0.4) is 0 Å². The van der Waals surface area contributed by atoms with E-state index in [4.69, 9.17) is 4.74 Å². The molecule has 0 aliphatic heterocycles. The Balaban J connectivity index is 3.07. The first-order chi connectivity index (χ1) is 7.66. The normalized spacial score (nSPS) is 12.4. The highest BCUT2D eigenvalue weighted by molar-refractivity contribution is 9.09. The molecule has 96 valence electrons. The maximum atomic E-state index is 11.0. The number of esters is 1. The van der Waals surface area contributed by atoms with Gasteiger partial charge >= 0.3 is 5.97 Å². The number of hydrogen-bond acceptors (Lipinski definition) is 2. The lowest BCUT2D eigenvalue weighted by molar-refractivity contribution is -0.143. The van der Waals surface area contributed by atoms with Crippen LogP contribution in [0.2, 0.25) is 0 Å². The summed E-state index contributed by atoms with van der Waals surface area (Å²) < 4.78 is 4.87. The maximum absolute atomic E-state index is 11.0. The number of unbranched alkanes of at least 4 members (excludes halogenated alkanes) is 5. The van der Waals surface area contributed by atoms with Crippen LogP contribution >= 0.6 is 15.9 Å². The molecule has 0 aliphatic carbocycles. The average Bonchev–Trinajstić information content (AvgIpc) is 2.22. The molecule has 2 nitrogen and oxygen atoms in total. The number of ether oxygens (including phenoxy) is 1. The summed E-state index contributed by atoms with van der Waals surface area (Å²) in [5, 5.41) is 0. The van der Waals surface area contributed by atoms with E-state index in [1.807, 2.05) is 6.92 Å². The van der Waals surface area contributed by atoms with E-state index in [-0.39, 0.29) is 5.97 Å². The van der Waals surface area contributed by atoms with Gasteiger partial charge in [-0.1, -0.05) is 55.0 Å². The Morgan fingerprint density at radius 2 is 1.69 bits per heavy atom. The fraction of sp³-hybridized carbons (Fsp3) is 0.923. The Morgan fingerprint density at radius 3 is 2.25 bits per heavy atom. The minimum Gasteiger partial charge on any atom is -0.466 e. The molecule has 0 aromatic rings. The highest BCUT2D eigenvalue weighted by Crippen LogP contribution is 2.12. The van der Waals surface area contributed by atoms with Crippen LogP contribution < -0.4 is 0 Å². The fourth-order valence-electron chi connectivity index (χ4n) is 1.64. The first-order valence-corrected chi connectivity index (χ1v) is 7.38. The fourth-order valence-corrected chi connectivity index (χ4v) is 1.96. The average molecular weight is 293 g/mol. The Bertz CT molecular complexity index is 169. The zero-order valence-corrected chi connectivity index (χ0v) is 12.2. The first-order valence-electron chi connectivity index (χ1n) is 6.46. The SMILES string of the molecule is CCOC(=O)CCCCCCCC[C@H](C)Br. The minimum absolute atomic E-state index is 0.0457. The molecule has 3 heteroatoms. The van der Waals surface area contributed by atoms with E-state index >= 15 is 0 Å². The second-order valence-corrected chi connectivity index (χ2v) is 5.81. The van der Waals surface area contributed by atoms with Crippen LogP contribution in [0.1, 0.15) is 65.2 Å². The van der Waals surface area contributed by atoms with Gasteiger partial charge in [-0.2, -0.15) is 0 Å². The molecule has 0 aromatic carbocycles. The van der Waals surface area contributed by atoms with Gasteiger partial charge in [-0.15, -0.1) is 0 Å². The zero-order valence-electron chi connectivity index (χ0n) is 10.6. The van der Waals surface area contributed by atoms with Crippen molar-refractivity contribution in [2.75, 3.05) is 6.61 Å². The lowest BCUT2D eigenvalue weighted by Gasteiger charge is -2.03. The van der Waals surface area contributed by atoms with Crippen molar-refractivity contribution in [2.24, 2.45) is 0 Å². The van der Waals surface area contributed by atoms with Crippen molar-refractivity contribution in [3.8, 4) is 0 Å². The number of carbonyl (C=O) groups is 1. The summed E-state index contributed by atoms with van der Waals surface area (Å²) in [5.41, 5.74) is 0. The predicted molar refractivity (Wildman–Crippen MR) is 72.0 cm³/mol. The number of carbonyl (C=O) groups excluding carboxylic acids is 1. The molecule has 0 fully saturated rings. The molecule has 0 radical (unpaired) electrons. The first kappa shape index (κ1) is 16.0. The van der Waals surface area contributed by atoms with Crippen LogP contribution in [0.15, 0.2) is 0 Å². The number of hydrogen-bond donors (Lipinski definition) is 0. The van der Waals surface area contributed by atoms with Gasteiger partial charge in [0, 0.05) is 11.2 Å². The van der Waals surface area contributed by atoms with Gasteiger partial charge in [0.25, 0.3) is 0 Å². The molecule has 0 N–H and O–H groups in total. The Morgan fingerprint density at radius 1 is 1.12 bits per heavy atom. The number of halogens is 1. The molecular formula is C13H25BrO2. The topological polar surface area (TPSA) is 26.3 Å². The quantitative estimate of drug-likeness (QED) is 0.338. The molecule has 0 aliphatic rings. The second kappa shape index (κ2) is 11.4. The Hall–Kier alpha value is -0.0500. The molecular weight excluding hydrogens is 268 g/mol. The molecule has 0 saturated carbocycles. The van der Waals surface area contributed by atoms with Gasteiger partial charge in [0.1, 0.15) is 0 Å². The maximum Gasteiger partial charge on any atom is 0.305 e. The van der Waals surface area contributed by atoms with Crippen molar-refractivity contribution < 1.29 is 9.53 Å². The molecule has 0 amide bonds. The van der Waals surface area contributed by atoms with Gasteiger partial charge < -0.3 is 4.74 Å². The molecule has 0 heterocycles. The van der Waals surface area contributed by atoms with Crippen LogP contribution in [-0.2, 0) is 9.53 Å². The van der Waals surface area contributed by atoms with Crippen molar-refractivity contribution in [1.29, 1.82) is 0 Å². The standard InChI is InChI=1S/C13H25BrO2/c1-3-16-13(15)11-9-7-5-4-6-8-10-12(2)14/h12H,3-11H2,1-2H3/t12-/m0/s1. The summed E-state index contributed by atoms with van der Waals surface area (Å²) in [4.78, 5) is 11.7. The minimum atomic E-state index is -0.0457. The summed E-state index contributed by atoms with van der Waals surface area (Å²) >= 11 is 3.55. The van der Waals surface area contributed by atoms with E-state index in [0.29, 0.717) is 17.9 Å². The van der Waals surface area contributed by atoms with Gasteiger partial charge in [-0.3, -0.25) is 4.79 Å². The zero-order chi connectivity index (χ0) is 12.2. The highest BCUT2D eigenvalue weighted by Gasteiger charge is 2.00. The lowest BCUT2D eigenvalue weighted by Crippen LogP contribution is -2.03. The van der Waals surface area contributed by atoms with Crippen molar-refractivity contribution in [1.82, 2.24) is 0 Å². The van der Waals surface area contributed by atoms with Crippen molar-refractivity contribution in [2.45, 2.75) is 70.0 Å². The van der Waals surface area contributed by atoms with Gasteiger partial charge in [-0.25, -0.2) is 0 Å². The lowest BCUT2D eigenvalue weighted by atomic mass is 10.1. The largest absolute Gasteiger partial charge is 0.466 e.